The summed E-state index contributed by atoms with van der Waals surface area (Å²) in [6.45, 7) is 19.1. The van der Waals surface area contributed by atoms with E-state index in [0.29, 0.717) is 0 Å². The van der Waals surface area contributed by atoms with Gasteiger partial charge in [-0.05, 0) is 132 Å². The van der Waals surface area contributed by atoms with Crippen molar-refractivity contribution in [3.63, 3.8) is 0 Å². The number of fused-ring (bicyclic) bond motifs is 10. The van der Waals surface area contributed by atoms with Crippen molar-refractivity contribution in [3.8, 4) is 33.4 Å². The molecule has 278 valence electrons. The molecule has 0 bridgehead atoms. The third-order valence-electron chi connectivity index (χ3n) is 12.4. The van der Waals surface area contributed by atoms with Crippen molar-refractivity contribution < 1.29 is 0 Å². The van der Waals surface area contributed by atoms with Crippen LogP contribution >= 0.6 is 12.6 Å². The van der Waals surface area contributed by atoms with Crippen LogP contribution < -0.4 is 0 Å². The molecule has 0 fully saturated rings. The number of hydrogen-bond acceptors (Lipinski definition) is 1. The molecule has 3 aliphatic rings. The van der Waals surface area contributed by atoms with E-state index in [-0.39, 0.29) is 10.8 Å². The van der Waals surface area contributed by atoms with Crippen LogP contribution in [-0.2, 0) is 17.3 Å². The molecule has 0 unspecified atom stereocenters. The first kappa shape index (κ1) is 37.5. The van der Waals surface area contributed by atoms with Gasteiger partial charge in [0.15, 0.2) is 0 Å². The van der Waals surface area contributed by atoms with Gasteiger partial charge in [0.25, 0.3) is 0 Å². The molecule has 0 amide bonds. The van der Waals surface area contributed by atoms with E-state index in [2.05, 4.69) is 162 Å². The van der Waals surface area contributed by atoms with Gasteiger partial charge < -0.3 is 0 Å². The number of hydrogen-bond donors (Lipinski definition) is 1. The van der Waals surface area contributed by atoms with Crippen LogP contribution in [-0.4, -0.2) is 0 Å². The number of thiol groups is 1. The van der Waals surface area contributed by atoms with Gasteiger partial charge in [0.2, 0.25) is 0 Å². The zero-order valence-electron chi connectivity index (χ0n) is 33.9. The summed E-state index contributed by atoms with van der Waals surface area (Å²) >= 11 is 4.82. The first-order valence-corrected chi connectivity index (χ1v) is 20.7. The van der Waals surface area contributed by atoms with Crippen LogP contribution in [0.3, 0.4) is 0 Å². The van der Waals surface area contributed by atoms with Crippen LogP contribution in [0, 0.1) is 0 Å². The maximum atomic E-state index is 4.82. The quantitative estimate of drug-likeness (QED) is 0.104. The fraction of sp³-hybridized carbons (Fsp3) is 0.200. The van der Waals surface area contributed by atoms with E-state index in [1.54, 1.807) is 11.6 Å². The average Bonchev–Trinajstić information content (AvgIpc) is 3.60. The molecule has 0 saturated carbocycles. The standard InChI is InChI=1S/C48H38S.C5H8.C2H6/c1-47(2)38-21-13-12-20-35(38)45-41(47)27-37(34-24-25-39-44(46(34)45)36-23-22-29(49)26-40(36)48(39,3)4)43-32-18-10-8-16-30(32)42(28-14-6-5-7-15-28)31-17-9-11-19-33(31)43;1-3-5-4-2;1-2/h5-23,26-27,49H,24-25H2,1-4H3;3-5H,1H2,2H3;1-2H3/b;5-4-;. The summed E-state index contributed by atoms with van der Waals surface area (Å²) in [6.07, 6.45) is 7.65. The summed E-state index contributed by atoms with van der Waals surface area (Å²) in [5.41, 5.74) is 19.7. The fourth-order valence-corrected chi connectivity index (χ4v) is 10.2. The van der Waals surface area contributed by atoms with Gasteiger partial charge in [-0.15, -0.1) is 12.6 Å². The minimum absolute atomic E-state index is 0.0473. The van der Waals surface area contributed by atoms with E-state index in [9.17, 15) is 0 Å². The topological polar surface area (TPSA) is 0 Å². The van der Waals surface area contributed by atoms with Gasteiger partial charge in [-0.1, -0.05) is 181 Å². The lowest BCUT2D eigenvalue weighted by molar-refractivity contribution is 0.602. The smallest absolute Gasteiger partial charge is 0.0159 e. The van der Waals surface area contributed by atoms with Crippen LogP contribution in [0.1, 0.15) is 88.3 Å². The molecular formula is C55H52S. The lowest BCUT2D eigenvalue weighted by Crippen LogP contribution is -2.20. The van der Waals surface area contributed by atoms with E-state index in [4.69, 9.17) is 12.6 Å². The number of rotatable bonds is 3. The predicted molar refractivity (Wildman–Crippen MR) is 247 cm³/mol. The molecule has 3 aliphatic carbocycles. The first-order valence-electron chi connectivity index (χ1n) is 20.3. The Hall–Kier alpha value is -5.37. The van der Waals surface area contributed by atoms with Gasteiger partial charge in [-0.3, -0.25) is 0 Å². The average molecular weight is 745 g/mol. The molecule has 56 heavy (non-hydrogen) atoms. The van der Waals surface area contributed by atoms with Gasteiger partial charge in [-0.25, -0.2) is 0 Å². The maximum absolute atomic E-state index is 4.82. The summed E-state index contributed by atoms with van der Waals surface area (Å²) < 4.78 is 0. The van der Waals surface area contributed by atoms with Crippen LogP contribution in [0.4, 0.5) is 0 Å². The third-order valence-corrected chi connectivity index (χ3v) is 12.7. The SMILES string of the molecule is C=C/C=C\C.CC.CC1(C)C2=C(c3ccc(S)cc31)c1c(c(-c3c4ccccc4c(-c4ccccc4)c4ccccc34)cc3c1-c1ccccc1C3(C)C)CC2. The molecule has 10 rings (SSSR count). The normalized spacial score (nSPS) is 15.2. The third kappa shape index (κ3) is 5.66. The largest absolute Gasteiger partial charge is 0.143 e. The van der Waals surface area contributed by atoms with Crippen molar-refractivity contribution in [1.82, 2.24) is 0 Å². The Labute approximate surface area is 339 Å². The molecule has 7 aromatic rings. The second kappa shape index (κ2) is 14.6. The Morgan fingerprint density at radius 1 is 0.536 bits per heavy atom. The zero-order valence-corrected chi connectivity index (χ0v) is 34.8. The van der Waals surface area contributed by atoms with Crippen molar-refractivity contribution in [2.24, 2.45) is 0 Å². The highest BCUT2D eigenvalue weighted by Gasteiger charge is 2.45. The highest BCUT2D eigenvalue weighted by molar-refractivity contribution is 7.80. The van der Waals surface area contributed by atoms with E-state index < -0.39 is 0 Å². The lowest BCUT2D eigenvalue weighted by Gasteiger charge is -2.32. The number of allylic oxidation sites excluding steroid dienone is 4. The highest BCUT2D eigenvalue weighted by atomic mass is 32.1. The molecule has 0 spiro atoms. The molecule has 0 radical (unpaired) electrons. The molecule has 0 aromatic heterocycles. The minimum Gasteiger partial charge on any atom is -0.143 e. The second-order valence-electron chi connectivity index (χ2n) is 16.0. The Morgan fingerprint density at radius 3 is 1.73 bits per heavy atom. The van der Waals surface area contributed by atoms with Gasteiger partial charge in [-0.2, -0.15) is 0 Å². The lowest BCUT2D eigenvalue weighted by atomic mass is 9.71. The summed E-state index contributed by atoms with van der Waals surface area (Å²) in [5, 5.41) is 5.26. The monoisotopic (exact) mass is 744 g/mol. The predicted octanol–water partition coefficient (Wildman–Crippen LogP) is 15.7. The molecule has 0 aliphatic heterocycles. The molecule has 0 heterocycles. The molecule has 1 heteroatoms. The second-order valence-corrected chi connectivity index (χ2v) is 16.6. The first-order chi connectivity index (χ1) is 27.2. The van der Waals surface area contributed by atoms with Crippen LogP contribution in [0.25, 0.3) is 60.5 Å². The van der Waals surface area contributed by atoms with Crippen molar-refractivity contribution in [1.29, 1.82) is 0 Å². The molecular weight excluding hydrogens is 693 g/mol. The van der Waals surface area contributed by atoms with Crippen molar-refractivity contribution in [2.45, 2.75) is 77.0 Å². The van der Waals surface area contributed by atoms with Gasteiger partial charge in [0.05, 0.1) is 0 Å². The van der Waals surface area contributed by atoms with Crippen molar-refractivity contribution in [3.05, 3.63) is 191 Å². The summed E-state index contributed by atoms with van der Waals surface area (Å²) in [5.74, 6) is 0. The van der Waals surface area contributed by atoms with E-state index in [1.165, 1.54) is 93.9 Å². The van der Waals surface area contributed by atoms with E-state index in [1.807, 2.05) is 32.9 Å². The van der Waals surface area contributed by atoms with Crippen molar-refractivity contribution >= 4 is 39.7 Å². The molecule has 7 aromatic carbocycles. The van der Waals surface area contributed by atoms with Crippen LogP contribution in [0.2, 0.25) is 0 Å². The van der Waals surface area contributed by atoms with E-state index >= 15 is 0 Å². The van der Waals surface area contributed by atoms with Crippen LogP contribution in [0.5, 0.6) is 0 Å². The maximum Gasteiger partial charge on any atom is 0.0159 e. The summed E-state index contributed by atoms with van der Waals surface area (Å²) in [7, 11) is 0. The molecule has 0 saturated heterocycles. The fourth-order valence-electron chi connectivity index (χ4n) is 9.99. The Morgan fingerprint density at radius 2 is 1.12 bits per heavy atom. The Kier molecular flexibility index (Phi) is 9.80. The highest BCUT2D eigenvalue weighted by Crippen LogP contribution is 2.61. The zero-order chi connectivity index (χ0) is 39.4. The number of benzene rings is 7. The Balaban J connectivity index is 0.000000587. The molecule has 0 atom stereocenters. The summed E-state index contributed by atoms with van der Waals surface area (Å²) in [4.78, 5) is 1.04. The van der Waals surface area contributed by atoms with E-state index in [0.717, 1.165) is 17.7 Å². The van der Waals surface area contributed by atoms with Crippen LogP contribution in [0.15, 0.2) is 163 Å². The molecule has 0 nitrogen and oxygen atoms in total. The van der Waals surface area contributed by atoms with Gasteiger partial charge in [0.1, 0.15) is 0 Å². The summed E-state index contributed by atoms with van der Waals surface area (Å²) in [6, 6.07) is 47.8. The minimum atomic E-state index is -0.130. The van der Waals surface area contributed by atoms with Gasteiger partial charge in [0, 0.05) is 15.7 Å². The Bertz CT molecular complexity index is 2680. The van der Waals surface area contributed by atoms with Crippen molar-refractivity contribution in [2.75, 3.05) is 0 Å². The molecule has 0 N–H and O–H groups in total. The van der Waals surface area contributed by atoms with Gasteiger partial charge >= 0.3 is 0 Å².